The Morgan fingerprint density at radius 3 is 2.59 bits per heavy atom. The van der Waals surface area contributed by atoms with Gasteiger partial charge in [0, 0.05) is 19.6 Å². The third-order valence-electron chi connectivity index (χ3n) is 3.34. The van der Waals surface area contributed by atoms with Gasteiger partial charge in [0.05, 0.1) is 5.41 Å². The van der Waals surface area contributed by atoms with Crippen molar-refractivity contribution in [3.05, 3.63) is 0 Å². The lowest BCUT2D eigenvalue weighted by molar-refractivity contribution is -0.151. The molecule has 1 aliphatic rings. The van der Waals surface area contributed by atoms with Gasteiger partial charge < -0.3 is 5.11 Å². The first kappa shape index (κ1) is 14.4. The predicted molar refractivity (Wildman–Crippen MR) is 63.8 cm³/mol. The average molecular weight is 264 g/mol. The summed E-state index contributed by atoms with van der Waals surface area (Å²) in [6.45, 7) is 4.26. The highest BCUT2D eigenvalue weighted by molar-refractivity contribution is 7.87. The van der Waals surface area contributed by atoms with E-state index in [9.17, 15) is 18.3 Å². The van der Waals surface area contributed by atoms with Gasteiger partial charge >= 0.3 is 5.97 Å². The topological polar surface area (TPSA) is 86.7 Å². The maximum absolute atomic E-state index is 11.8. The Morgan fingerprint density at radius 1 is 1.47 bits per heavy atom. The fourth-order valence-electron chi connectivity index (χ4n) is 2.18. The van der Waals surface area contributed by atoms with Gasteiger partial charge in [-0.25, -0.2) is 4.72 Å². The highest BCUT2D eigenvalue weighted by Gasteiger charge is 2.43. The summed E-state index contributed by atoms with van der Waals surface area (Å²) in [5.74, 6) is -0.906. The van der Waals surface area contributed by atoms with Gasteiger partial charge in [-0.05, 0) is 19.3 Å². The van der Waals surface area contributed by atoms with Crippen LogP contribution in [0.5, 0.6) is 0 Å². The van der Waals surface area contributed by atoms with Crippen molar-refractivity contribution in [2.45, 2.75) is 33.1 Å². The third-order valence-corrected chi connectivity index (χ3v) is 4.98. The van der Waals surface area contributed by atoms with Gasteiger partial charge in [0.15, 0.2) is 0 Å². The fraction of sp³-hybridized carbons (Fsp3) is 0.900. The Bertz CT molecular complexity index is 382. The molecular weight excluding hydrogens is 244 g/mol. The minimum absolute atomic E-state index is 0.0637. The molecule has 0 spiro atoms. The molecule has 100 valence electrons. The molecule has 0 radical (unpaired) electrons. The Hall–Kier alpha value is -0.660. The maximum atomic E-state index is 11.8. The molecule has 0 bridgehead atoms. The Kier molecular flexibility index (Phi) is 4.51. The van der Waals surface area contributed by atoms with Crippen LogP contribution in [0.15, 0.2) is 0 Å². The number of carbonyl (C=O) groups is 1. The standard InChI is InChI=1S/C10H20N2O4S/c1-3-10(9(13)14)6-5-7-12(8-10)17(15,16)11-4-2/h11H,3-8H2,1-2H3,(H,13,14). The van der Waals surface area contributed by atoms with Crippen LogP contribution in [0.25, 0.3) is 0 Å². The SMILES string of the molecule is CCNS(=O)(=O)N1CCCC(CC)(C(=O)O)C1. The average Bonchev–Trinajstić information content (AvgIpc) is 2.28. The fourth-order valence-corrected chi connectivity index (χ4v) is 3.52. The van der Waals surface area contributed by atoms with E-state index in [1.165, 1.54) is 4.31 Å². The highest BCUT2D eigenvalue weighted by atomic mass is 32.2. The molecule has 1 atom stereocenters. The van der Waals surface area contributed by atoms with E-state index >= 15 is 0 Å². The number of carboxylic acid groups (broad SMARTS) is 1. The molecule has 1 aliphatic heterocycles. The van der Waals surface area contributed by atoms with E-state index in [4.69, 9.17) is 0 Å². The van der Waals surface area contributed by atoms with Crippen LogP contribution in [0.2, 0.25) is 0 Å². The normalized spacial score (nSPS) is 26.9. The van der Waals surface area contributed by atoms with Crippen molar-refractivity contribution in [2.24, 2.45) is 5.41 Å². The predicted octanol–water partition coefficient (Wildman–Crippen LogP) is 0.417. The molecule has 0 aromatic heterocycles. The summed E-state index contributed by atoms with van der Waals surface area (Å²) in [4.78, 5) is 11.3. The van der Waals surface area contributed by atoms with Gasteiger partial charge in [-0.2, -0.15) is 12.7 Å². The molecule has 1 fully saturated rings. The zero-order valence-corrected chi connectivity index (χ0v) is 11.1. The zero-order chi connectivity index (χ0) is 13.1. The number of aliphatic carboxylic acids is 1. The first-order chi connectivity index (χ1) is 7.88. The quantitative estimate of drug-likeness (QED) is 0.753. The smallest absolute Gasteiger partial charge is 0.310 e. The lowest BCUT2D eigenvalue weighted by Gasteiger charge is -2.38. The van der Waals surface area contributed by atoms with Crippen LogP contribution in [0.3, 0.4) is 0 Å². The van der Waals surface area contributed by atoms with Crippen LogP contribution >= 0.6 is 0 Å². The summed E-state index contributed by atoms with van der Waals surface area (Å²) in [7, 11) is -3.53. The maximum Gasteiger partial charge on any atom is 0.310 e. The Morgan fingerprint density at radius 2 is 2.12 bits per heavy atom. The molecule has 2 N–H and O–H groups in total. The molecule has 0 aromatic rings. The second-order valence-corrected chi connectivity index (χ2v) is 6.13. The van der Waals surface area contributed by atoms with Crippen molar-refractivity contribution >= 4 is 16.2 Å². The number of nitrogens with one attached hydrogen (secondary N) is 1. The van der Waals surface area contributed by atoms with Crippen molar-refractivity contribution in [1.82, 2.24) is 9.03 Å². The molecule has 0 saturated carbocycles. The molecule has 6 nitrogen and oxygen atoms in total. The summed E-state index contributed by atoms with van der Waals surface area (Å²) in [5, 5.41) is 9.26. The number of nitrogens with zero attached hydrogens (tertiary/aromatic N) is 1. The van der Waals surface area contributed by atoms with Crippen LogP contribution in [0.1, 0.15) is 33.1 Å². The van der Waals surface area contributed by atoms with E-state index in [1.807, 2.05) is 0 Å². The van der Waals surface area contributed by atoms with Gasteiger partial charge in [0.1, 0.15) is 0 Å². The first-order valence-corrected chi connectivity index (χ1v) is 7.30. The summed E-state index contributed by atoms with van der Waals surface area (Å²) in [6.07, 6.45) is 1.57. The molecule has 1 heterocycles. The largest absolute Gasteiger partial charge is 0.481 e. The van der Waals surface area contributed by atoms with Crippen LogP contribution in [-0.4, -0.2) is 43.4 Å². The number of hydrogen-bond donors (Lipinski definition) is 2. The molecule has 0 aliphatic carbocycles. The number of carboxylic acids is 1. The second-order valence-electron chi connectivity index (χ2n) is 4.38. The minimum Gasteiger partial charge on any atom is -0.481 e. The summed E-state index contributed by atoms with van der Waals surface area (Å²) in [6, 6.07) is 0. The molecule has 1 rings (SSSR count). The lowest BCUT2D eigenvalue weighted by atomic mass is 9.78. The van der Waals surface area contributed by atoms with E-state index in [-0.39, 0.29) is 6.54 Å². The monoisotopic (exact) mass is 264 g/mol. The van der Waals surface area contributed by atoms with Gasteiger partial charge in [-0.1, -0.05) is 13.8 Å². The van der Waals surface area contributed by atoms with Crippen LogP contribution in [0, 0.1) is 5.41 Å². The lowest BCUT2D eigenvalue weighted by Crippen LogP contribution is -2.52. The summed E-state index contributed by atoms with van der Waals surface area (Å²) in [5.41, 5.74) is -0.930. The van der Waals surface area contributed by atoms with E-state index < -0.39 is 21.6 Å². The van der Waals surface area contributed by atoms with E-state index in [2.05, 4.69) is 4.72 Å². The van der Waals surface area contributed by atoms with Crippen molar-refractivity contribution in [2.75, 3.05) is 19.6 Å². The minimum atomic E-state index is -3.53. The van der Waals surface area contributed by atoms with Gasteiger partial charge in [0.2, 0.25) is 0 Å². The molecule has 1 saturated heterocycles. The number of piperidine rings is 1. The van der Waals surface area contributed by atoms with Crippen LogP contribution in [-0.2, 0) is 15.0 Å². The molecular formula is C10H20N2O4S. The van der Waals surface area contributed by atoms with Crippen molar-refractivity contribution in [3.8, 4) is 0 Å². The van der Waals surface area contributed by atoms with Gasteiger partial charge in [0.25, 0.3) is 10.2 Å². The van der Waals surface area contributed by atoms with Gasteiger partial charge in [-0.15, -0.1) is 0 Å². The second kappa shape index (κ2) is 5.32. The summed E-state index contributed by atoms with van der Waals surface area (Å²) >= 11 is 0. The highest BCUT2D eigenvalue weighted by Crippen LogP contribution is 2.34. The van der Waals surface area contributed by atoms with Crippen molar-refractivity contribution in [1.29, 1.82) is 0 Å². The first-order valence-electron chi connectivity index (χ1n) is 5.86. The van der Waals surface area contributed by atoms with Crippen molar-refractivity contribution < 1.29 is 18.3 Å². The van der Waals surface area contributed by atoms with E-state index in [0.29, 0.717) is 32.4 Å². The molecule has 0 amide bonds. The van der Waals surface area contributed by atoms with E-state index in [0.717, 1.165) is 0 Å². The zero-order valence-electron chi connectivity index (χ0n) is 10.3. The van der Waals surface area contributed by atoms with Crippen LogP contribution < -0.4 is 4.72 Å². The van der Waals surface area contributed by atoms with Crippen molar-refractivity contribution in [3.63, 3.8) is 0 Å². The van der Waals surface area contributed by atoms with E-state index in [1.54, 1.807) is 13.8 Å². The third kappa shape index (κ3) is 2.97. The molecule has 17 heavy (non-hydrogen) atoms. The van der Waals surface area contributed by atoms with Gasteiger partial charge in [-0.3, -0.25) is 4.79 Å². The Balaban J connectivity index is 2.89. The number of rotatable bonds is 5. The molecule has 7 heteroatoms. The summed E-state index contributed by atoms with van der Waals surface area (Å²) < 4.78 is 27.3. The molecule has 1 unspecified atom stereocenters. The number of hydrogen-bond acceptors (Lipinski definition) is 3. The van der Waals surface area contributed by atoms with Crippen LogP contribution in [0.4, 0.5) is 0 Å². The Labute approximate surface area is 102 Å². The molecule has 0 aromatic carbocycles.